The molecule has 0 aromatic heterocycles. The van der Waals surface area contributed by atoms with Crippen LogP contribution >= 0.6 is 0 Å². The number of nitrogens with two attached hydrogens (primary N) is 1. The first-order valence-electron chi connectivity index (χ1n) is 3.41. The van der Waals surface area contributed by atoms with E-state index in [4.69, 9.17) is 10.8 Å². The average molecular weight is 139 g/mol. The zero-order chi connectivity index (χ0) is 7.61. The summed E-state index contributed by atoms with van der Waals surface area (Å²) in [6.45, 7) is 2.15. The average Bonchev–Trinajstić information content (AvgIpc) is 1.88. The summed E-state index contributed by atoms with van der Waals surface area (Å²) in [5.74, 6) is 0. The van der Waals surface area contributed by atoms with Gasteiger partial charge in [-0.15, -0.1) is 0 Å². The molecule has 0 fully saturated rings. The van der Waals surface area contributed by atoms with Crippen LogP contribution in [-0.4, -0.2) is 11.7 Å². The molecule has 2 nitrogen and oxygen atoms in total. The van der Waals surface area contributed by atoms with Crippen molar-refractivity contribution in [3.05, 3.63) is 23.9 Å². The van der Waals surface area contributed by atoms with Crippen LogP contribution in [-0.2, 0) is 0 Å². The minimum Gasteiger partial charge on any atom is -0.402 e. The first-order valence-corrected chi connectivity index (χ1v) is 3.41. The maximum atomic E-state index is 8.93. The van der Waals surface area contributed by atoms with E-state index in [-0.39, 0.29) is 12.0 Å². The lowest BCUT2D eigenvalue weighted by atomic mass is 9.83. The maximum absolute atomic E-state index is 8.93. The van der Waals surface area contributed by atoms with E-state index in [1.165, 1.54) is 0 Å². The van der Waals surface area contributed by atoms with Crippen LogP contribution in [0.2, 0.25) is 0 Å². The largest absolute Gasteiger partial charge is 0.402 e. The van der Waals surface area contributed by atoms with Crippen molar-refractivity contribution < 1.29 is 5.11 Å². The van der Waals surface area contributed by atoms with Crippen molar-refractivity contribution in [1.82, 2.24) is 0 Å². The predicted octanol–water partition coefficient (Wildman–Crippen LogP) is 0.788. The van der Waals surface area contributed by atoms with Crippen molar-refractivity contribution in [1.29, 1.82) is 0 Å². The first-order chi connectivity index (χ1) is 4.66. The molecule has 1 atom stereocenters. The molecular formula is C8H13NO. The maximum Gasteiger partial charge on any atom is 0.0523 e. The molecule has 10 heavy (non-hydrogen) atoms. The van der Waals surface area contributed by atoms with Crippen molar-refractivity contribution in [3.63, 3.8) is 0 Å². The molecule has 56 valence electrons. The lowest BCUT2D eigenvalue weighted by Gasteiger charge is -2.25. The molecule has 1 aliphatic rings. The van der Waals surface area contributed by atoms with E-state index in [9.17, 15) is 0 Å². The number of hydrogen-bond donors (Lipinski definition) is 2. The van der Waals surface area contributed by atoms with E-state index in [1.807, 2.05) is 25.2 Å². The lowest BCUT2D eigenvalue weighted by Crippen LogP contribution is -2.23. The summed E-state index contributed by atoms with van der Waals surface area (Å²) in [5, 5.41) is 8.93. The lowest BCUT2D eigenvalue weighted by molar-refractivity contribution is 0.182. The van der Waals surface area contributed by atoms with Crippen molar-refractivity contribution in [3.8, 4) is 0 Å². The van der Waals surface area contributed by atoms with E-state index < -0.39 is 0 Å². The monoisotopic (exact) mass is 139 g/mol. The minimum atomic E-state index is -0.126. The quantitative estimate of drug-likeness (QED) is 0.564. The summed E-state index contributed by atoms with van der Waals surface area (Å²) in [5.41, 5.74) is 6.30. The number of aliphatic hydroxyl groups is 1. The van der Waals surface area contributed by atoms with Crippen molar-refractivity contribution in [2.24, 2.45) is 11.1 Å². The van der Waals surface area contributed by atoms with Crippen LogP contribution in [0.5, 0.6) is 0 Å². The van der Waals surface area contributed by atoms with Crippen LogP contribution in [0, 0.1) is 5.41 Å². The Hall–Kier alpha value is -0.760. The van der Waals surface area contributed by atoms with Gasteiger partial charge in [-0.1, -0.05) is 19.1 Å². The van der Waals surface area contributed by atoms with Gasteiger partial charge in [-0.05, 0) is 12.5 Å². The number of hydrogen-bond acceptors (Lipinski definition) is 2. The van der Waals surface area contributed by atoms with Gasteiger partial charge in [0.2, 0.25) is 0 Å². The molecule has 1 unspecified atom stereocenters. The molecule has 0 aromatic rings. The fourth-order valence-corrected chi connectivity index (χ4v) is 1.10. The summed E-state index contributed by atoms with van der Waals surface area (Å²) in [6.07, 6.45) is 6.52. The second-order valence-corrected chi connectivity index (χ2v) is 3.09. The summed E-state index contributed by atoms with van der Waals surface area (Å²) in [6, 6.07) is 0. The molecule has 0 bridgehead atoms. The van der Waals surface area contributed by atoms with Gasteiger partial charge in [0.25, 0.3) is 0 Å². The number of rotatable bonds is 1. The van der Waals surface area contributed by atoms with E-state index in [1.54, 1.807) is 0 Å². The highest BCUT2D eigenvalue weighted by Crippen LogP contribution is 2.27. The fraction of sp³-hybridized carbons (Fsp3) is 0.500. The van der Waals surface area contributed by atoms with Gasteiger partial charge in [-0.3, -0.25) is 0 Å². The van der Waals surface area contributed by atoms with Crippen LogP contribution in [0.25, 0.3) is 0 Å². The molecule has 0 saturated heterocycles. The third kappa shape index (κ3) is 1.39. The Morgan fingerprint density at radius 1 is 1.80 bits per heavy atom. The molecule has 0 aliphatic heterocycles. The molecule has 3 N–H and O–H groups in total. The number of allylic oxidation sites excluding steroid dienone is 3. The van der Waals surface area contributed by atoms with Gasteiger partial charge in [-0.25, -0.2) is 0 Å². The summed E-state index contributed by atoms with van der Waals surface area (Å²) >= 11 is 0. The highest BCUT2D eigenvalue weighted by Gasteiger charge is 2.22. The Kier molecular flexibility index (Phi) is 1.81. The molecule has 2 heteroatoms. The third-order valence-corrected chi connectivity index (χ3v) is 1.78. The van der Waals surface area contributed by atoms with Crippen molar-refractivity contribution >= 4 is 0 Å². The summed E-state index contributed by atoms with van der Waals surface area (Å²) in [4.78, 5) is 0. The molecule has 0 aromatic carbocycles. The van der Waals surface area contributed by atoms with Gasteiger partial charge in [0.15, 0.2) is 0 Å². The van der Waals surface area contributed by atoms with E-state index in [0.717, 1.165) is 12.1 Å². The molecule has 1 rings (SSSR count). The molecule has 0 saturated carbocycles. The third-order valence-electron chi connectivity index (χ3n) is 1.78. The van der Waals surface area contributed by atoms with Gasteiger partial charge < -0.3 is 10.8 Å². The van der Waals surface area contributed by atoms with Crippen molar-refractivity contribution in [2.45, 2.75) is 13.3 Å². The molecule has 0 amide bonds. The van der Waals surface area contributed by atoms with Crippen LogP contribution in [0.4, 0.5) is 0 Å². The zero-order valence-corrected chi connectivity index (χ0v) is 6.17. The number of aliphatic hydroxyl groups excluding tert-OH is 1. The summed E-state index contributed by atoms with van der Waals surface area (Å²) in [7, 11) is 0. The van der Waals surface area contributed by atoms with Crippen LogP contribution in [0.15, 0.2) is 23.9 Å². The zero-order valence-electron chi connectivity index (χ0n) is 6.17. The topological polar surface area (TPSA) is 46.2 Å². The molecule has 0 spiro atoms. The van der Waals surface area contributed by atoms with E-state index >= 15 is 0 Å². The van der Waals surface area contributed by atoms with Gasteiger partial charge in [0.1, 0.15) is 0 Å². The minimum absolute atomic E-state index is 0.126. The Balaban J connectivity index is 2.71. The smallest absolute Gasteiger partial charge is 0.0523 e. The normalized spacial score (nSPS) is 32.0. The van der Waals surface area contributed by atoms with Crippen LogP contribution in [0.3, 0.4) is 0 Å². The van der Waals surface area contributed by atoms with Gasteiger partial charge in [0.05, 0.1) is 6.61 Å². The van der Waals surface area contributed by atoms with Gasteiger partial charge >= 0.3 is 0 Å². The van der Waals surface area contributed by atoms with Crippen molar-refractivity contribution in [2.75, 3.05) is 6.61 Å². The molecule has 1 aliphatic carbocycles. The van der Waals surface area contributed by atoms with Gasteiger partial charge in [-0.2, -0.15) is 0 Å². The summed E-state index contributed by atoms with van der Waals surface area (Å²) < 4.78 is 0. The second kappa shape index (κ2) is 2.46. The molecule has 0 heterocycles. The Labute approximate surface area is 61.0 Å². The first kappa shape index (κ1) is 7.35. The van der Waals surface area contributed by atoms with Crippen LogP contribution < -0.4 is 5.73 Å². The molecule has 0 radical (unpaired) electrons. The Morgan fingerprint density at radius 3 is 2.90 bits per heavy atom. The second-order valence-electron chi connectivity index (χ2n) is 3.09. The van der Waals surface area contributed by atoms with E-state index in [2.05, 4.69) is 0 Å². The van der Waals surface area contributed by atoms with Gasteiger partial charge in [0, 0.05) is 11.1 Å². The fourth-order valence-electron chi connectivity index (χ4n) is 1.10. The SMILES string of the molecule is CC1(CO)C=CC=C(N)C1. The Morgan fingerprint density at radius 2 is 2.50 bits per heavy atom. The predicted molar refractivity (Wildman–Crippen MR) is 41.2 cm³/mol. The standard InChI is InChI=1S/C8H13NO/c1-8(6-10)4-2-3-7(9)5-8/h2-4,10H,5-6,9H2,1H3. The Bertz CT molecular complexity index is 184. The van der Waals surface area contributed by atoms with E-state index in [0.29, 0.717) is 0 Å². The highest BCUT2D eigenvalue weighted by molar-refractivity contribution is 5.20. The molecular weight excluding hydrogens is 126 g/mol. The highest BCUT2D eigenvalue weighted by atomic mass is 16.3. The van der Waals surface area contributed by atoms with Crippen LogP contribution in [0.1, 0.15) is 13.3 Å².